The third-order valence-electron chi connectivity index (χ3n) is 4.76. The average molecular weight is 219 g/mol. The molecule has 1 aliphatic heterocycles. The summed E-state index contributed by atoms with van der Waals surface area (Å²) in [5, 5.41) is 0. The van der Waals surface area contributed by atoms with Crippen LogP contribution in [0, 0.1) is 5.92 Å². The van der Waals surface area contributed by atoms with Crippen molar-refractivity contribution in [3.63, 3.8) is 0 Å². The molecule has 1 heterocycles. The van der Waals surface area contributed by atoms with Crippen LogP contribution in [0.5, 0.6) is 0 Å². The Morgan fingerprint density at radius 2 is 2.06 bits per heavy atom. The Labute approximate surface area is 97.7 Å². The number of hydrogen-bond donors (Lipinski definition) is 0. The van der Waals surface area contributed by atoms with Gasteiger partial charge in [-0.3, -0.25) is 4.79 Å². The number of piperidine rings is 1. The number of hydrogen-bond acceptors (Lipinski definition) is 2. The maximum absolute atomic E-state index is 11.9. The molecule has 88 valence electrons. The summed E-state index contributed by atoms with van der Waals surface area (Å²) in [5.74, 6) is 1.23. The molecule has 1 fully saturated rings. The van der Waals surface area contributed by atoms with Crippen molar-refractivity contribution >= 4 is 5.78 Å². The Morgan fingerprint density at radius 3 is 2.94 bits per heavy atom. The van der Waals surface area contributed by atoms with Gasteiger partial charge in [0, 0.05) is 12.5 Å². The largest absolute Gasteiger partial charge is 0.303 e. The summed E-state index contributed by atoms with van der Waals surface area (Å²) in [7, 11) is 2.26. The highest BCUT2D eigenvalue weighted by molar-refractivity contribution is 5.97. The number of fused-ring (bicyclic) bond motifs is 1. The van der Waals surface area contributed by atoms with E-state index in [1.165, 1.54) is 43.4 Å². The highest BCUT2D eigenvalue weighted by Gasteiger charge is 2.37. The van der Waals surface area contributed by atoms with Gasteiger partial charge in [0.25, 0.3) is 0 Å². The van der Waals surface area contributed by atoms with Crippen molar-refractivity contribution in [3.8, 4) is 0 Å². The van der Waals surface area contributed by atoms with Crippen molar-refractivity contribution in [2.45, 2.75) is 51.0 Å². The number of carbonyl (C=O) groups excluding carboxylic acids is 1. The standard InChI is InChI=1S/C14H21NO/c1-15-7-3-5-11-8-12-10(9-13(11)15)4-2-6-14(12)16/h11,13H,2-9H2,1H3/t11-,13-/m1/s1. The monoisotopic (exact) mass is 219 g/mol. The highest BCUT2D eigenvalue weighted by Crippen LogP contribution is 2.41. The van der Waals surface area contributed by atoms with Crippen LogP contribution in [-0.4, -0.2) is 30.3 Å². The molecular weight excluding hydrogens is 198 g/mol. The smallest absolute Gasteiger partial charge is 0.158 e. The molecule has 16 heavy (non-hydrogen) atoms. The third kappa shape index (κ3) is 1.64. The number of likely N-dealkylation sites (tertiary alicyclic amines) is 1. The summed E-state index contributed by atoms with van der Waals surface area (Å²) in [6, 6.07) is 0.735. The Morgan fingerprint density at radius 1 is 1.19 bits per heavy atom. The fourth-order valence-corrected chi connectivity index (χ4v) is 3.84. The molecule has 0 amide bonds. The zero-order valence-corrected chi connectivity index (χ0v) is 10.2. The molecule has 0 aromatic heterocycles. The van der Waals surface area contributed by atoms with Gasteiger partial charge in [-0.05, 0) is 63.6 Å². The second-order valence-electron chi connectivity index (χ2n) is 5.72. The Bertz CT molecular complexity index is 345. The predicted molar refractivity (Wildman–Crippen MR) is 64.3 cm³/mol. The number of ketones is 1. The summed E-state index contributed by atoms with van der Waals surface area (Å²) < 4.78 is 0. The van der Waals surface area contributed by atoms with Gasteiger partial charge in [0.15, 0.2) is 5.78 Å². The van der Waals surface area contributed by atoms with E-state index in [2.05, 4.69) is 11.9 Å². The molecule has 2 nitrogen and oxygen atoms in total. The van der Waals surface area contributed by atoms with Crippen molar-refractivity contribution in [2.24, 2.45) is 5.92 Å². The van der Waals surface area contributed by atoms with E-state index in [-0.39, 0.29) is 0 Å². The maximum atomic E-state index is 11.9. The lowest BCUT2D eigenvalue weighted by molar-refractivity contribution is -0.116. The second kappa shape index (κ2) is 3.99. The first kappa shape index (κ1) is 10.5. The summed E-state index contributed by atoms with van der Waals surface area (Å²) in [5.41, 5.74) is 2.74. The molecule has 1 saturated heterocycles. The van der Waals surface area contributed by atoms with Gasteiger partial charge >= 0.3 is 0 Å². The van der Waals surface area contributed by atoms with Gasteiger partial charge in [-0.25, -0.2) is 0 Å². The van der Waals surface area contributed by atoms with Crippen molar-refractivity contribution in [1.82, 2.24) is 4.90 Å². The molecule has 0 aromatic rings. The van der Waals surface area contributed by atoms with Crippen molar-refractivity contribution in [2.75, 3.05) is 13.6 Å². The first-order chi connectivity index (χ1) is 7.75. The van der Waals surface area contributed by atoms with Crippen LogP contribution < -0.4 is 0 Å². The van der Waals surface area contributed by atoms with E-state index >= 15 is 0 Å². The molecule has 2 aliphatic carbocycles. The summed E-state index contributed by atoms with van der Waals surface area (Å²) in [6.07, 6.45) is 8.02. The van der Waals surface area contributed by atoms with Gasteiger partial charge in [-0.2, -0.15) is 0 Å². The lowest BCUT2D eigenvalue weighted by Crippen LogP contribution is -2.45. The third-order valence-corrected chi connectivity index (χ3v) is 4.76. The van der Waals surface area contributed by atoms with E-state index in [0.717, 1.165) is 31.2 Å². The molecule has 2 atom stereocenters. The number of allylic oxidation sites excluding steroid dienone is 1. The molecule has 3 aliphatic rings. The van der Waals surface area contributed by atoms with Crippen LogP contribution in [0.1, 0.15) is 44.9 Å². The molecule has 2 heteroatoms. The summed E-state index contributed by atoms with van der Waals surface area (Å²) in [6.45, 7) is 1.25. The lowest BCUT2D eigenvalue weighted by atomic mass is 9.71. The number of carbonyl (C=O) groups is 1. The average Bonchev–Trinajstić information content (AvgIpc) is 2.29. The Hall–Kier alpha value is -0.630. The molecule has 0 saturated carbocycles. The molecule has 0 bridgehead atoms. The Balaban J connectivity index is 1.88. The summed E-state index contributed by atoms with van der Waals surface area (Å²) in [4.78, 5) is 14.4. The van der Waals surface area contributed by atoms with E-state index in [4.69, 9.17) is 0 Å². The van der Waals surface area contributed by atoms with Crippen LogP contribution in [0.25, 0.3) is 0 Å². The number of nitrogens with zero attached hydrogens (tertiary/aromatic N) is 1. The van der Waals surface area contributed by atoms with Crippen LogP contribution in [0.15, 0.2) is 11.1 Å². The fraction of sp³-hybridized carbons (Fsp3) is 0.786. The zero-order chi connectivity index (χ0) is 11.1. The van der Waals surface area contributed by atoms with E-state index in [1.807, 2.05) is 0 Å². The first-order valence-electron chi connectivity index (χ1n) is 6.70. The zero-order valence-electron chi connectivity index (χ0n) is 10.2. The van der Waals surface area contributed by atoms with Crippen LogP contribution in [0.2, 0.25) is 0 Å². The lowest BCUT2D eigenvalue weighted by Gasteiger charge is -2.44. The topological polar surface area (TPSA) is 20.3 Å². The molecule has 0 N–H and O–H groups in total. The Kier molecular flexibility index (Phi) is 2.62. The van der Waals surface area contributed by atoms with Gasteiger partial charge in [0.05, 0.1) is 0 Å². The van der Waals surface area contributed by atoms with Gasteiger partial charge in [-0.15, -0.1) is 0 Å². The minimum absolute atomic E-state index is 0.466. The minimum Gasteiger partial charge on any atom is -0.303 e. The van der Waals surface area contributed by atoms with E-state index in [9.17, 15) is 4.79 Å². The molecular formula is C14H21NO. The van der Waals surface area contributed by atoms with Gasteiger partial charge < -0.3 is 4.90 Å². The quantitative estimate of drug-likeness (QED) is 0.624. The van der Waals surface area contributed by atoms with Crippen LogP contribution in [0.4, 0.5) is 0 Å². The molecule has 0 radical (unpaired) electrons. The fourth-order valence-electron chi connectivity index (χ4n) is 3.84. The maximum Gasteiger partial charge on any atom is 0.158 e. The molecule has 0 unspecified atom stereocenters. The first-order valence-corrected chi connectivity index (χ1v) is 6.70. The van der Waals surface area contributed by atoms with Crippen LogP contribution in [0.3, 0.4) is 0 Å². The van der Waals surface area contributed by atoms with Gasteiger partial charge in [0.2, 0.25) is 0 Å². The molecule has 0 spiro atoms. The minimum atomic E-state index is 0.466. The molecule has 3 rings (SSSR count). The SMILES string of the molecule is CN1CCC[C@@H]2CC3=C(CCCC3=O)C[C@H]21. The van der Waals surface area contributed by atoms with Crippen LogP contribution >= 0.6 is 0 Å². The van der Waals surface area contributed by atoms with E-state index in [0.29, 0.717) is 5.78 Å². The molecule has 0 aromatic carbocycles. The van der Waals surface area contributed by atoms with Crippen molar-refractivity contribution in [3.05, 3.63) is 11.1 Å². The van der Waals surface area contributed by atoms with Gasteiger partial charge in [0.1, 0.15) is 0 Å². The highest BCUT2D eigenvalue weighted by atomic mass is 16.1. The van der Waals surface area contributed by atoms with Gasteiger partial charge in [-0.1, -0.05) is 5.57 Å². The normalized spacial score (nSPS) is 35.9. The van der Waals surface area contributed by atoms with Crippen molar-refractivity contribution in [1.29, 1.82) is 0 Å². The van der Waals surface area contributed by atoms with E-state index in [1.54, 1.807) is 0 Å². The van der Waals surface area contributed by atoms with E-state index < -0.39 is 0 Å². The van der Waals surface area contributed by atoms with Crippen LogP contribution in [-0.2, 0) is 4.79 Å². The number of rotatable bonds is 0. The van der Waals surface area contributed by atoms with Crippen molar-refractivity contribution < 1.29 is 4.79 Å². The summed E-state index contributed by atoms with van der Waals surface area (Å²) >= 11 is 0. The predicted octanol–water partition coefficient (Wildman–Crippen LogP) is 2.54. The second-order valence-corrected chi connectivity index (χ2v) is 5.72. The number of Topliss-reactive ketones (excluding diaryl/α,β-unsaturated/α-hetero) is 1.